The molecule has 4 heteroatoms. The molecule has 0 radical (unpaired) electrons. The summed E-state index contributed by atoms with van der Waals surface area (Å²) in [6, 6.07) is 0. The molecule has 0 aromatic carbocycles. The van der Waals surface area contributed by atoms with Crippen LogP contribution >= 0.6 is 0 Å². The zero-order valence-electron chi connectivity index (χ0n) is 10.9. The summed E-state index contributed by atoms with van der Waals surface area (Å²) in [7, 11) is 1.82. The normalized spacial score (nSPS) is 31.7. The number of rotatable bonds is 3. The lowest BCUT2D eigenvalue weighted by Crippen LogP contribution is -2.45. The summed E-state index contributed by atoms with van der Waals surface area (Å²) in [5, 5.41) is 13.6. The Morgan fingerprint density at radius 2 is 2.06 bits per heavy atom. The molecule has 1 amide bonds. The van der Waals surface area contributed by atoms with Crippen LogP contribution in [0.5, 0.6) is 0 Å². The first-order valence-corrected chi connectivity index (χ1v) is 6.70. The number of amides is 1. The minimum atomic E-state index is -0.625. The van der Waals surface area contributed by atoms with Crippen LogP contribution in [0.25, 0.3) is 0 Å². The molecule has 0 spiro atoms. The largest absolute Gasteiger partial charge is 0.388 e. The second-order valence-corrected chi connectivity index (χ2v) is 5.87. The van der Waals surface area contributed by atoms with E-state index in [4.69, 9.17) is 0 Å². The van der Waals surface area contributed by atoms with Crippen LogP contribution in [0.1, 0.15) is 32.6 Å². The molecule has 1 aliphatic carbocycles. The first kappa shape index (κ1) is 12.8. The van der Waals surface area contributed by atoms with Crippen molar-refractivity contribution >= 4 is 5.91 Å². The Morgan fingerprint density at radius 1 is 1.41 bits per heavy atom. The smallest absolute Gasteiger partial charge is 0.227 e. The van der Waals surface area contributed by atoms with Crippen molar-refractivity contribution in [2.24, 2.45) is 11.8 Å². The summed E-state index contributed by atoms with van der Waals surface area (Å²) in [5.74, 6) is 0.677. The molecule has 2 aliphatic rings. The van der Waals surface area contributed by atoms with Gasteiger partial charge in [0, 0.05) is 20.1 Å². The molecule has 0 aromatic heterocycles. The van der Waals surface area contributed by atoms with E-state index in [1.54, 1.807) is 4.90 Å². The lowest BCUT2D eigenvalue weighted by molar-refractivity contribution is -0.137. The SMILES string of the molecule is C[C@@H]1CNC[C@H]1C(=O)N(C)CC1(O)CCCC1. The fraction of sp³-hybridized carbons (Fsp3) is 0.923. The predicted molar refractivity (Wildman–Crippen MR) is 66.6 cm³/mol. The van der Waals surface area contributed by atoms with Crippen molar-refractivity contribution in [3.63, 3.8) is 0 Å². The van der Waals surface area contributed by atoms with E-state index in [-0.39, 0.29) is 11.8 Å². The third-order valence-electron chi connectivity index (χ3n) is 4.28. The Morgan fingerprint density at radius 3 is 2.59 bits per heavy atom. The Kier molecular flexibility index (Phi) is 3.73. The number of hydrogen-bond donors (Lipinski definition) is 2. The van der Waals surface area contributed by atoms with Crippen molar-refractivity contribution < 1.29 is 9.90 Å². The van der Waals surface area contributed by atoms with Crippen molar-refractivity contribution in [3.8, 4) is 0 Å². The van der Waals surface area contributed by atoms with Gasteiger partial charge in [0.15, 0.2) is 0 Å². The van der Waals surface area contributed by atoms with Gasteiger partial charge in [-0.1, -0.05) is 19.8 Å². The van der Waals surface area contributed by atoms with Gasteiger partial charge in [-0.2, -0.15) is 0 Å². The van der Waals surface area contributed by atoms with E-state index in [0.29, 0.717) is 12.5 Å². The van der Waals surface area contributed by atoms with Crippen molar-refractivity contribution in [1.29, 1.82) is 0 Å². The maximum Gasteiger partial charge on any atom is 0.227 e. The van der Waals surface area contributed by atoms with Crippen molar-refractivity contribution in [1.82, 2.24) is 10.2 Å². The number of carbonyl (C=O) groups excluding carboxylic acids is 1. The molecule has 0 unspecified atom stereocenters. The summed E-state index contributed by atoms with van der Waals surface area (Å²) in [4.78, 5) is 14.0. The molecule has 0 aromatic rings. The summed E-state index contributed by atoms with van der Waals surface area (Å²) >= 11 is 0. The van der Waals surface area contributed by atoms with Gasteiger partial charge in [0.2, 0.25) is 5.91 Å². The highest BCUT2D eigenvalue weighted by atomic mass is 16.3. The molecule has 1 heterocycles. The quantitative estimate of drug-likeness (QED) is 0.760. The van der Waals surface area contributed by atoms with E-state index in [1.807, 2.05) is 7.05 Å². The molecule has 1 saturated heterocycles. The van der Waals surface area contributed by atoms with E-state index < -0.39 is 5.60 Å². The maximum absolute atomic E-state index is 12.3. The van der Waals surface area contributed by atoms with Gasteiger partial charge in [0.05, 0.1) is 11.5 Å². The zero-order chi connectivity index (χ0) is 12.5. The van der Waals surface area contributed by atoms with Gasteiger partial charge < -0.3 is 15.3 Å². The standard InChI is InChI=1S/C13H24N2O2/c1-10-7-14-8-11(10)12(16)15(2)9-13(17)5-3-4-6-13/h10-11,14,17H,3-9H2,1-2H3/t10-,11-/m1/s1. The maximum atomic E-state index is 12.3. The molecule has 2 rings (SSSR count). The van der Waals surface area contributed by atoms with Gasteiger partial charge in [0.1, 0.15) is 0 Å². The van der Waals surface area contributed by atoms with Crippen LogP contribution in [0.3, 0.4) is 0 Å². The monoisotopic (exact) mass is 240 g/mol. The number of hydrogen-bond acceptors (Lipinski definition) is 3. The van der Waals surface area contributed by atoms with Crippen LogP contribution in [-0.4, -0.2) is 48.2 Å². The molecule has 17 heavy (non-hydrogen) atoms. The van der Waals surface area contributed by atoms with Crippen LogP contribution in [0.2, 0.25) is 0 Å². The molecular weight excluding hydrogens is 216 g/mol. The van der Waals surface area contributed by atoms with Crippen LogP contribution in [0.15, 0.2) is 0 Å². The molecule has 0 bridgehead atoms. The fourth-order valence-corrected chi connectivity index (χ4v) is 3.13. The third-order valence-corrected chi connectivity index (χ3v) is 4.28. The van der Waals surface area contributed by atoms with Crippen LogP contribution in [0.4, 0.5) is 0 Å². The van der Waals surface area contributed by atoms with Gasteiger partial charge in [-0.3, -0.25) is 4.79 Å². The van der Waals surface area contributed by atoms with E-state index in [0.717, 1.165) is 38.8 Å². The van der Waals surface area contributed by atoms with E-state index in [2.05, 4.69) is 12.2 Å². The highest BCUT2D eigenvalue weighted by molar-refractivity contribution is 5.79. The molecule has 98 valence electrons. The molecule has 1 aliphatic heterocycles. The highest BCUT2D eigenvalue weighted by Gasteiger charge is 2.37. The lowest BCUT2D eigenvalue weighted by atomic mass is 9.95. The number of likely N-dealkylation sites (N-methyl/N-ethyl adjacent to an activating group) is 1. The molecule has 1 saturated carbocycles. The van der Waals surface area contributed by atoms with E-state index in [9.17, 15) is 9.90 Å². The predicted octanol–water partition coefficient (Wildman–Crippen LogP) is 0.605. The topological polar surface area (TPSA) is 52.6 Å². The number of carbonyl (C=O) groups is 1. The van der Waals surface area contributed by atoms with Crippen molar-refractivity contribution in [2.45, 2.75) is 38.2 Å². The van der Waals surface area contributed by atoms with Crippen LogP contribution < -0.4 is 5.32 Å². The van der Waals surface area contributed by atoms with Gasteiger partial charge >= 0.3 is 0 Å². The molecular formula is C13H24N2O2. The summed E-state index contributed by atoms with van der Waals surface area (Å²) < 4.78 is 0. The Balaban J connectivity index is 1.90. The average Bonchev–Trinajstić information content (AvgIpc) is 2.86. The summed E-state index contributed by atoms with van der Waals surface area (Å²) in [6.07, 6.45) is 3.84. The minimum Gasteiger partial charge on any atom is -0.388 e. The Hall–Kier alpha value is -0.610. The van der Waals surface area contributed by atoms with Gasteiger partial charge in [-0.25, -0.2) is 0 Å². The Bertz CT molecular complexity index is 287. The second kappa shape index (κ2) is 4.94. The molecule has 4 nitrogen and oxygen atoms in total. The van der Waals surface area contributed by atoms with Crippen molar-refractivity contribution in [3.05, 3.63) is 0 Å². The fourth-order valence-electron chi connectivity index (χ4n) is 3.13. The minimum absolute atomic E-state index is 0.0880. The lowest BCUT2D eigenvalue weighted by Gasteiger charge is -2.30. The van der Waals surface area contributed by atoms with Gasteiger partial charge in [-0.05, 0) is 25.3 Å². The molecule has 2 N–H and O–H groups in total. The van der Waals surface area contributed by atoms with E-state index in [1.165, 1.54) is 0 Å². The average molecular weight is 240 g/mol. The highest BCUT2D eigenvalue weighted by Crippen LogP contribution is 2.30. The molecule has 2 atom stereocenters. The first-order chi connectivity index (χ1) is 8.02. The van der Waals surface area contributed by atoms with Gasteiger partial charge in [0.25, 0.3) is 0 Å². The van der Waals surface area contributed by atoms with Gasteiger partial charge in [-0.15, -0.1) is 0 Å². The number of aliphatic hydroxyl groups is 1. The third kappa shape index (κ3) is 2.80. The summed E-state index contributed by atoms with van der Waals surface area (Å²) in [6.45, 7) is 4.31. The first-order valence-electron chi connectivity index (χ1n) is 6.70. The van der Waals surface area contributed by atoms with Crippen molar-refractivity contribution in [2.75, 3.05) is 26.7 Å². The number of nitrogens with zero attached hydrogens (tertiary/aromatic N) is 1. The number of nitrogens with one attached hydrogen (secondary N) is 1. The van der Waals surface area contributed by atoms with Crippen LogP contribution in [0, 0.1) is 11.8 Å². The second-order valence-electron chi connectivity index (χ2n) is 5.87. The molecule has 2 fully saturated rings. The summed E-state index contributed by atoms with van der Waals surface area (Å²) in [5.41, 5.74) is -0.625. The van der Waals surface area contributed by atoms with Crippen LogP contribution in [-0.2, 0) is 4.79 Å². The zero-order valence-corrected chi connectivity index (χ0v) is 10.9. The van der Waals surface area contributed by atoms with E-state index >= 15 is 0 Å². The Labute approximate surface area is 103 Å².